The lowest BCUT2D eigenvalue weighted by molar-refractivity contribution is -0.139. The molecular formula is C62H36F6N4. The second-order valence-corrected chi connectivity index (χ2v) is 18.3. The standard InChI is InChI=1S/C62H36F6N4/c63-61(64,65)51-31-27-37(71-57-23-11-5-17-45(57)47-29-25-39(35-59(47)71)69-53-19-7-1-13-41(53)42-14-2-8-20-54(42)69)33-49(51)50-34-38(28-32-52(50)62(66,67)68)72-58-24-12-6-18-46(58)48-30-26-40(36-60(48)72)70-55-21-9-3-15-43(55)44-16-4-10-22-56(44)70/h1-36H. The van der Waals surface area contributed by atoms with Crippen molar-refractivity contribution in [1.82, 2.24) is 18.3 Å². The number of nitrogens with zero attached hydrogens (tertiary/aromatic N) is 4. The van der Waals surface area contributed by atoms with E-state index in [9.17, 15) is 0 Å². The Morgan fingerprint density at radius 2 is 0.444 bits per heavy atom. The average Bonchev–Trinajstić information content (AvgIpc) is 4.12. The van der Waals surface area contributed by atoms with E-state index in [1.54, 1.807) is 0 Å². The van der Waals surface area contributed by atoms with Gasteiger partial charge in [-0.3, -0.25) is 0 Å². The minimum Gasteiger partial charge on any atom is -0.309 e. The van der Waals surface area contributed by atoms with Crippen LogP contribution in [-0.4, -0.2) is 18.3 Å². The lowest BCUT2D eigenvalue weighted by atomic mass is 9.93. The van der Waals surface area contributed by atoms with Gasteiger partial charge in [0, 0.05) is 65.8 Å². The summed E-state index contributed by atoms with van der Waals surface area (Å²) in [5.74, 6) is 0. The smallest absolute Gasteiger partial charge is 0.309 e. The fourth-order valence-electron chi connectivity index (χ4n) is 11.4. The van der Waals surface area contributed by atoms with E-state index in [1.165, 1.54) is 24.3 Å². The highest BCUT2D eigenvalue weighted by molar-refractivity contribution is 6.14. The topological polar surface area (TPSA) is 19.7 Å². The van der Waals surface area contributed by atoms with Crippen molar-refractivity contribution in [3.63, 3.8) is 0 Å². The summed E-state index contributed by atoms with van der Waals surface area (Å²) in [6.45, 7) is 0. The first-order chi connectivity index (χ1) is 35.0. The van der Waals surface area contributed by atoms with Crippen molar-refractivity contribution in [3.05, 3.63) is 230 Å². The molecule has 0 aliphatic rings. The summed E-state index contributed by atoms with van der Waals surface area (Å²) in [6.07, 6.45) is -10.0. The highest BCUT2D eigenvalue weighted by Crippen LogP contribution is 2.47. The number of aromatic nitrogens is 4. The van der Waals surface area contributed by atoms with Crippen LogP contribution in [0.15, 0.2) is 218 Å². The number of para-hydroxylation sites is 6. The molecule has 0 saturated heterocycles. The van der Waals surface area contributed by atoms with Crippen LogP contribution in [0.25, 0.3) is 121 Å². The number of hydrogen-bond acceptors (Lipinski definition) is 0. The second-order valence-electron chi connectivity index (χ2n) is 18.3. The van der Waals surface area contributed by atoms with Crippen molar-refractivity contribution >= 4 is 87.2 Å². The zero-order chi connectivity index (χ0) is 48.6. The van der Waals surface area contributed by atoms with E-state index >= 15 is 26.3 Å². The summed E-state index contributed by atoms with van der Waals surface area (Å²) in [4.78, 5) is 0. The van der Waals surface area contributed by atoms with Crippen LogP contribution in [0, 0.1) is 0 Å². The van der Waals surface area contributed by atoms with Gasteiger partial charge in [-0.15, -0.1) is 0 Å². The molecule has 346 valence electrons. The fraction of sp³-hybridized carbons (Fsp3) is 0.0323. The van der Waals surface area contributed by atoms with Gasteiger partial charge in [0.25, 0.3) is 0 Å². The molecule has 0 aliphatic carbocycles. The zero-order valence-electron chi connectivity index (χ0n) is 37.8. The molecule has 0 radical (unpaired) electrons. The number of rotatable bonds is 5. The maximum Gasteiger partial charge on any atom is 0.417 e. The van der Waals surface area contributed by atoms with Crippen molar-refractivity contribution in [3.8, 4) is 33.9 Å². The van der Waals surface area contributed by atoms with E-state index in [2.05, 4.69) is 33.4 Å². The van der Waals surface area contributed by atoms with Gasteiger partial charge in [0.2, 0.25) is 0 Å². The summed E-state index contributed by atoms with van der Waals surface area (Å²) in [5, 5.41) is 7.60. The molecule has 0 amide bonds. The number of benzene rings is 10. The number of hydrogen-bond donors (Lipinski definition) is 0. The van der Waals surface area contributed by atoms with Crippen LogP contribution >= 0.6 is 0 Å². The minimum absolute atomic E-state index is 0.273. The third-order valence-corrected chi connectivity index (χ3v) is 14.4. The molecule has 14 aromatic rings. The molecular weight excluding hydrogens is 915 g/mol. The molecule has 0 spiro atoms. The van der Waals surface area contributed by atoms with Crippen LogP contribution in [0.5, 0.6) is 0 Å². The molecule has 10 heteroatoms. The summed E-state index contributed by atoms with van der Waals surface area (Å²) < 4.78 is 101. The van der Waals surface area contributed by atoms with Gasteiger partial charge in [-0.25, -0.2) is 0 Å². The first-order valence-corrected chi connectivity index (χ1v) is 23.5. The maximum atomic E-state index is 15.5. The van der Waals surface area contributed by atoms with E-state index in [0.717, 1.165) is 88.7 Å². The maximum absolute atomic E-state index is 15.5. The normalized spacial score (nSPS) is 12.6. The highest BCUT2D eigenvalue weighted by atomic mass is 19.4. The molecule has 0 fully saturated rings. The van der Waals surface area contributed by atoms with Gasteiger partial charge in [-0.1, -0.05) is 121 Å². The van der Waals surface area contributed by atoms with Crippen LogP contribution in [0.2, 0.25) is 0 Å². The summed E-state index contributed by atoms with van der Waals surface area (Å²) in [6, 6.07) is 66.6. The predicted molar refractivity (Wildman–Crippen MR) is 279 cm³/mol. The number of fused-ring (bicyclic) bond motifs is 12. The van der Waals surface area contributed by atoms with E-state index in [-0.39, 0.29) is 11.4 Å². The third kappa shape index (κ3) is 6.14. The van der Waals surface area contributed by atoms with E-state index in [4.69, 9.17) is 0 Å². The Balaban J connectivity index is 1.01. The van der Waals surface area contributed by atoms with Gasteiger partial charge in [-0.05, 0) is 108 Å². The van der Waals surface area contributed by atoms with Crippen molar-refractivity contribution in [1.29, 1.82) is 0 Å². The van der Waals surface area contributed by atoms with Gasteiger partial charge >= 0.3 is 12.4 Å². The third-order valence-electron chi connectivity index (χ3n) is 14.4. The zero-order valence-corrected chi connectivity index (χ0v) is 37.8. The lowest BCUT2D eigenvalue weighted by Gasteiger charge is -2.21. The van der Waals surface area contributed by atoms with Crippen molar-refractivity contribution in [2.24, 2.45) is 0 Å². The van der Waals surface area contributed by atoms with Crippen molar-refractivity contribution < 1.29 is 26.3 Å². The Labute approximate surface area is 406 Å². The molecule has 0 N–H and O–H groups in total. The molecule has 14 rings (SSSR count). The van der Waals surface area contributed by atoms with Gasteiger partial charge < -0.3 is 18.3 Å². The molecule has 10 aromatic carbocycles. The molecule has 4 aromatic heterocycles. The molecule has 72 heavy (non-hydrogen) atoms. The monoisotopic (exact) mass is 950 g/mol. The van der Waals surface area contributed by atoms with Gasteiger partial charge in [0.05, 0.1) is 55.3 Å². The number of halogens is 6. The highest BCUT2D eigenvalue weighted by Gasteiger charge is 2.39. The predicted octanol–water partition coefficient (Wildman–Crippen LogP) is 17.8. The van der Waals surface area contributed by atoms with Crippen LogP contribution in [-0.2, 0) is 12.4 Å². The first-order valence-electron chi connectivity index (χ1n) is 23.5. The molecule has 0 aliphatic heterocycles. The van der Waals surface area contributed by atoms with Gasteiger partial charge in [0.1, 0.15) is 0 Å². The Hall–Kier alpha value is -9.02. The Bertz CT molecular complexity index is 4160. The van der Waals surface area contributed by atoms with E-state index in [1.807, 2.05) is 167 Å². The van der Waals surface area contributed by atoms with Crippen molar-refractivity contribution in [2.75, 3.05) is 0 Å². The first kappa shape index (κ1) is 41.9. The van der Waals surface area contributed by atoms with Crippen LogP contribution in [0.4, 0.5) is 26.3 Å². The molecule has 0 bridgehead atoms. The van der Waals surface area contributed by atoms with Crippen LogP contribution < -0.4 is 0 Å². The SMILES string of the molecule is FC(F)(F)c1ccc(-n2c3ccccc3c3ccc(-n4c5ccccc5c5ccccc54)cc32)cc1-c1cc(-n2c3ccccc3c3ccc(-n4c5ccccc5c5ccccc54)cc32)ccc1C(F)(F)F. The average molecular weight is 951 g/mol. The second kappa shape index (κ2) is 15.2. The van der Waals surface area contributed by atoms with E-state index in [0.29, 0.717) is 22.1 Å². The Morgan fingerprint density at radius 1 is 0.222 bits per heavy atom. The van der Waals surface area contributed by atoms with Gasteiger partial charge in [0.15, 0.2) is 0 Å². The Kier molecular flexibility index (Phi) is 8.87. The quantitative estimate of drug-likeness (QED) is 0.153. The van der Waals surface area contributed by atoms with Crippen molar-refractivity contribution in [2.45, 2.75) is 12.4 Å². The summed E-state index contributed by atoms with van der Waals surface area (Å²) >= 11 is 0. The summed E-state index contributed by atoms with van der Waals surface area (Å²) in [7, 11) is 0. The summed E-state index contributed by atoms with van der Waals surface area (Å²) in [5.41, 5.74) is 5.25. The lowest BCUT2D eigenvalue weighted by Crippen LogP contribution is -2.12. The molecule has 0 atom stereocenters. The fourth-order valence-corrected chi connectivity index (χ4v) is 11.4. The van der Waals surface area contributed by atoms with Gasteiger partial charge in [-0.2, -0.15) is 26.3 Å². The Morgan fingerprint density at radius 3 is 0.722 bits per heavy atom. The molecule has 4 heterocycles. The molecule has 0 saturated carbocycles. The van der Waals surface area contributed by atoms with E-state index < -0.39 is 34.6 Å². The molecule has 0 unspecified atom stereocenters. The van der Waals surface area contributed by atoms with Crippen LogP contribution in [0.3, 0.4) is 0 Å². The molecule has 4 nitrogen and oxygen atoms in total. The largest absolute Gasteiger partial charge is 0.417 e. The minimum atomic E-state index is -5.01. The van der Waals surface area contributed by atoms with Crippen LogP contribution in [0.1, 0.15) is 11.1 Å². The number of alkyl halides is 6.